The molecule has 0 N–H and O–H groups in total. The molecule has 0 aliphatic carbocycles. The van der Waals surface area contributed by atoms with Crippen molar-refractivity contribution in [3.05, 3.63) is 90.0 Å². The summed E-state index contributed by atoms with van der Waals surface area (Å²) in [6.45, 7) is 6.14. The molecule has 140 valence electrons. The van der Waals surface area contributed by atoms with Gasteiger partial charge in [-0.05, 0) is 54.8 Å². The highest BCUT2D eigenvalue weighted by molar-refractivity contribution is 7.49. The van der Waals surface area contributed by atoms with Gasteiger partial charge in [0, 0.05) is 0 Å². The molecule has 0 spiro atoms. The summed E-state index contributed by atoms with van der Waals surface area (Å²) in [7, 11) is -3.95. The van der Waals surface area contributed by atoms with E-state index in [-0.39, 0.29) is 0 Å². The van der Waals surface area contributed by atoms with Gasteiger partial charge in [0.15, 0.2) is 0 Å². The van der Waals surface area contributed by atoms with Crippen LogP contribution < -0.4 is 13.6 Å². The fourth-order valence-electron chi connectivity index (χ4n) is 2.45. The fraction of sp³-hybridized carbons (Fsp3) is 0.182. The smallest absolute Gasteiger partial charge is 0.386 e. The Hall–Kier alpha value is -2.71. The summed E-state index contributed by atoms with van der Waals surface area (Å²) in [5, 5.41) is 0. The summed E-state index contributed by atoms with van der Waals surface area (Å²) in [4.78, 5) is 0. The number of phosphoric ester groups is 1. The van der Waals surface area contributed by atoms with Gasteiger partial charge in [0.1, 0.15) is 17.2 Å². The summed E-state index contributed by atoms with van der Waals surface area (Å²) in [6, 6.07) is 23.6. The standard InChI is InChI=1S/C22H23O4P/c1-17(2)19-8-7-11-22(16-19)26-27(23,24-20-9-5-4-6-10-20)25-21-14-12-18(3)13-15-21/h4-17H,1-3H3. The number of rotatable bonds is 7. The van der Waals surface area contributed by atoms with E-state index in [2.05, 4.69) is 13.8 Å². The molecule has 3 aromatic rings. The van der Waals surface area contributed by atoms with Crippen molar-refractivity contribution in [3.8, 4) is 17.2 Å². The van der Waals surface area contributed by atoms with E-state index >= 15 is 0 Å². The average Bonchev–Trinajstić information content (AvgIpc) is 2.64. The minimum atomic E-state index is -3.95. The van der Waals surface area contributed by atoms with Gasteiger partial charge in [-0.15, -0.1) is 0 Å². The van der Waals surface area contributed by atoms with Crippen LogP contribution in [0.3, 0.4) is 0 Å². The molecule has 0 fully saturated rings. The molecule has 0 aliphatic rings. The maximum absolute atomic E-state index is 13.4. The number of phosphoric acid groups is 1. The van der Waals surface area contributed by atoms with Crippen LogP contribution in [-0.4, -0.2) is 0 Å². The number of benzene rings is 3. The molecular weight excluding hydrogens is 359 g/mol. The minimum absolute atomic E-state index is 0.320. The first kappa shape index (κ1) is 19.1. The van der Waals surface area contributed by atoms with Crippen LogP contribution in [0.2, 0.25) is 0 Å². The molecule has 0 radical (unpaired) electrons. The van der Waals surface area contributed by atoms with Crippen LogP contribution >= 0.6 is 7.82 Å². The van der Waals surface area contributed by atoms with Crippen LogP contribution in [0.1, 0.15) is 30.9 Å². The van der Waals surface area contributed by atoms with Gasteiger partial charge in [0.05, 0.1) is 0 Å². The van der Waals surface area contributed by atoms with Crippen molar-refractivity contribution in [2.24, 2.45) is 0 Å². The van der Waals surface area contributed by atoms with E-state index in [1.54, 1.807) is 42.5 Å². The van der Waals surface area contributed by atoms with Crippen molar-refractivity contribution in [1.29, 1.82) is 0 Å². The molecule has 4 nitrogen and oxygen atoms in total. The third-order valence-electron chi connectivity index (χ3n) is 3.94. The molecule has 0 amide bonds. The second kappa shape index (κ2) is 8.32. The molecule has 0 saturated carbocycles. The Morgan fingerprint density at radius 3 is 1.89 bits per heavy atom. The SMILES string of the molecule is Cc1ccc(OP(=O)(Oc2ccccc2)Oc2cccc(C(C)C)c2)cc1. The van der Waals surface area contributed by atoms with Crippen molar-refractivity contribution in [2.45, 2.75) is 26.7 Å². The highest BCUT2D eigenvalue weighted by Gasteiger charge is 2.33. The highest BCUT2D eigenvalue weighted by atomic mass is 31.2. The van der Waals surface area contributed by atoms with Gasteiger partial charge >= 0.3 is 7.82 Å². The van der Waals surface area contributed by atoms with E-state index in [1.807, 2.05) is 43.3 Å². The molecule has 1 atom stereocenters. The summed E-state index contributed by atoms with van der Waals surface area (Å²) in [6.07, 6.45) is 0. The van der Waals surface area contributed by atoms with Gasteiger partial charge in [-0.1, -0.05) is 61.9 Å². The molecule has 0 saturated heterocycles. The molecule has 5 heteroatoms. The van der Waals surface area contributed by atoms with Crippen LogP contribution in [0.15, 0.2) is 78.9 Å². The molecule has 1 unspecified atom stereocenters. The largest absolute Gasteiger partial charge is 0.647 e. The highest BCUT2D eigenvalue weighted by Crippen LogP contribution is 2.49. The predicted octanol–water partition coefficient (Wildman–Crippen LogP) is 6.76. The molecular formula is C22H23O4P. The zero-order chi connectivity index (χ0) is 19.3. The van der Waals surface area contributed by atoms with Crippen LogP contribution in [-0.2, 0) is 4.57 Å². The van der Waals surface area contributed by atoms with E-state index in [9.17, 15) is 4.57 Å². The molecule has 3 aromatic carbocycles. The van der Waals surface area contributed by atoms with Gasteiger partial charge in [0.2, 0.25) is 0 Å². The zero-order valence-electron chi connectivity index (χ0n) is 15.7. The second-order valence-corrected chi connectivity index (χ2v) is 8.02. The Morgan fingerprint density at radius 1 is 0.704 bits per heavy atom. The molecule has 0 bridgehead atoms. The van der Waals surface area contributed by atoms with E-state index in [1.165, 1.54) is 0 Å². The van der Waals surface area contributed by atoms with Crippen molar-refractivity contribution in [2.75, 3.05) is 0 Å². The van der Waals surface area contributed by atoms with Gasteiger partial charge in [-0.25, -0.2) is 0 Å². The van der Waals surface area contributed by atoms with Gasteiger partial charge in [-0.3, -0.25) is 0 Å². The lowest BCUT2D eigenvalue weighted by molar-refractivity contribution is 0.298. The van der Waals surface area contributed by atoms with Crippen LogP contribution in [0.4, 0.5) is 0 Å². The Kier molecular flexibility index (Phi) is 5.88. The van der Waals surface area contributed by atoms with Crippen molar-refractivity contribution < 1.29 is 18.1 Å². The topological polar surface area (TPSA) is 44.8 Å². The summed E-state index contributed by atoms with van der Waals surface area (Å²) in [5.74, 6) is 1.58. The molecule has 3 rings (SSSR count). The van der Waals surface area contributed by atoms with Crippen molar-refractivity contribution in [3.63, 3.8) is 0 Å². The van der Waals surface area contributed by atoms with Crippen LogP contribution in [0, 0.1) is 6.92 Å². The lowest BCUT2D eigenvalue weighted by Crippen LogP contribution is -2.07. The van der Waals surface area contributed by atoms with Gasteiger partial charge in [0.25, 0.3) is 0 Å². The zero-order valence-corrected chi connectivity index (χ0v) is 16.6. The molecule has 27 heavy (non-hydrogen) atoms. The van der Waals surface area contributed by atoms with Crippen LogP contribution in [0.5, 0.6) is 17.2 Å². The van der Waals surface area contributed by atoms with E-state index < -0.39 is 7.82 Å². The molecule has 0 aliphatic heterocycles. The van der Waals surface area contributed by atoms with Gasteiger partial charge < -0.3 is 13.6 Å². The van der Waals surface area contributed by atoms with E-state index in [0.29, 0.717) is 23.2 Å². The lowest BCUT2D eigenvalue weighted by Gasteiger charge is -2.20. The Bertz CT molecular complexity index is 921. The third-order valence-corrected chi connectivity index (χ3v) is 5.24. The van der Waals surface area contributed by atoms with E-state index in [4.69, 9.17) is 13.6 Å². The second-order valence-electron chi connectivity index (χ2n) is 6.57. The first-order valence-electron chi connectivity index (χ1n) is 8.84. The van der Waals surface area contributed by atoms with Crippen molar-refractivity contribution in [1.82, 2.24) is 0 Å². The predicted molar refractivity (Wildman–Crippen MR) is 108 cm³/mol. The quantitative estimate of drug-likeness (QED) is 0.423. The third kappa shape index (κ3) is 5.38. The number of hydrogen-bond donors (Lipinski definition) is 0. The minimum Gasteiger partial charge on any atom is -0.386 e. The average molecular weight is 382 g/mol. The Labute approximate surface area is 160 Å². The number of aryl methyl sites for hydroxylation is 1. The number of para-hydroxylation sites is 1. The normalized spacial score (nSPS) is 13.0. The molecule has 0 heterocycles. The summed E-state index contributed by atoms with van der Waals surface area (Å²) < 4.78 is 30.5. The summed E-state index contributed by atoms with van der Waals surface area (Å²) >= 11 is 0. The Balaban J connectivity index is 1.90. The first-order valence-corrected chi connectivity index (χ1v) is 10.3. The van der Waals surface area contributed by atoms with Crippen LogP contribution in [0.25, 0.3) is 0 Å². The van der Waals surface area contributed by atoms with E-state index in [0.717, 1.165) is 11.1 Å². The fourth-order valence-corrected chi connectivity index (χ4v) is 3.70. The lowest BCUT2D eigenvalue weighted by atomic mass is 10.0. The maximum Gasteiger partial charge on any atom is 0.647 e. The number of hydrogen-bond acceptors (Lipinski definition) is 4. The monoisotopic (exact) mass is 382 g/mol. The molecule has 0 aromatic heterocycles. The first-order chi connectivity index (χ1) is 12.9. The Morgan fingerprint density at radius 2 is 1.26 bits per heavy atom. The summed E-state index contributed by atoms with van der Waals surface area (Å²) in [5.41, 5.74) is 2.15. The maximum atomic E-state index is 13.4. The van der Waals surface area contributed by atoms with Crippen molar-refractivity contribution >= 4 is 7.82 Å². The van der Waals surface area contributed by atoms with Gasteiger partial charge in [-0.2, -0.15) is 4.57 Å².